The zero-order valence-corrected chi connectivity index (χ0v) is 12.5. The molecular formula is C17H12N4O3. The van der Waals surface area contributed by atoms with Gasteiger partial charge < -0.3 is 9.09 Å². The summed E-state index contributed by atoms with van der Waals surface area (Å²) in [5.74, 6) is 0.482. The SMILES string of the molecule is O=c1c(=O)n(C2=C=CC2)ccn1Cc1cc(-c2cccnc2)no1. The summed E-state index contributed by atoms with van der Waals surface area (Å²) in [5, 5.41) is 3.97. The monoisotopic (exact) mass is 320 g/mol. The van der Waals surface area contributed by atoms with Crippen molar-refractivity contribution in [2.75, 3.05) is 0 Å². The smallest absolute Gasteiger partial charge is 0.321 e. The van der Waals surface area contributed by atoms with Crippen LogP contribution in [0.5, 0.6) is 0 Å². The Balaban J connectivity index is 1.64. The number of rotatable bonds is 4. The Morgan fingerprint density at radius 1 is 1.25 bits per heavy atom. The van der Waals surface area contributed by atoms with E-state index in [1.807, 2.05) is 12.1 Å². The number of hydrogen-bond donors (Lipinski definition) is 0. The maximum absolute atomic E-state index is 12.2. The van der Waals surface area contributed by atoms with E-state index in [0.717, 1.165) is 5.56 Å². The lowest BCUT2D eigenvalue weighted by atomic mass is 10.2. The van der Waals surface area contributed by atoms with Crippen LogP contribution in [-0.2, 0) is 6.54 Å². The van der Waals surface area contributed by atoms with Crippen LogP contribution in [0.2, 0.25) is 0 Å². The van der Waals surface area contributed by atoms with Crippen LogP contribution in [0.4, 0.5) is 0 Å². The summed E-state index contributed by atoms with van der Waals surface area (Å²) in [6, 6.07) is 5.39. The molecule has 7 heteroatoms. The molecule has 0 radical (unpaired) electrons. The highest BCUT2D eigenvalue weighted by Crippen LogP contribution is 2.18. The Hall–Kier alpha value is -3.44. The van der Waals surface area contributed by atoms with Crippen molar-refractivity contribution in [3.8, 4) is 11.3 Å². The van der Waals surface area contributed by atoms with Gasteiger partial charge in [-0.25, -0.2) is 0 Å². The van der Waals surface area contributed by atoms with E-state index in [1.54, 1.807) is 36.9 Å². The van der Waals surface area contributed by atoms with E-state index in [9.17, 15) is 9.59 Å². The molecule has 0 saturated carbocycles. The van der Waals surface area contributed by atoms with Gasteiger partial charge in [-0.15, -0.1) is 5.73 Å². The lowest BCUT2D eigenvalue weighted by Crippen LogP contribution is -2.40. The summed E-state index contributed by atoms with van der Waals surface area (Å²) in [7, 11) is 0. The standard InChI is InChI=1S/C17H12N4O3/c22-16-17(23)21(13-4-1-5-13)8-7-20(16)11-14-9-15(19-24-14)12-3-2-6-18-10-12/h1-3,6-10H,4,11H2. The average molecular weight is 320 g/mol. The van der Waals surface area contributed by atoms with Crippen molar-refractivity contribution in [1.29, 1.82) is 0 Å². The fourth-order valence-electron chi connectivity index (χ4n) is 2.41. The highest BCUT2D eigenvalue weighted by Gasteiger charge is 2.13. The minimum atomic E-state index is -0.613. The molecule has 0 bridgehead atoms. The number of hydrogen-bond acceptors (Lipinski definition) is 5. The van der Waals surface area contributed by atoms with Gasteiger partial charge in [0.1, 0.15) is 5.69 Å². The largest absolute Gasteiger partial charge is 0.359 e. The fraction of sp³-hybridized carbons (Fsp3) is 0.118. The number of aromatic nitrogens is 4. The highest BCUT2D eigenvalue weighted by atomic mass is 16.5. The lowest BCUT2D eigenvalue weighted by Gasteiger charge is -2.11. The Morgan fingerprint density at radius 3 is 2.83 bits per heavy atom. The molecule has 0 amide bonds. The van der Waals surface area contributed by atoms with Crippen LogP contribution >= 0.6 is 0 Å². The molecule has 3 aromatic heterocycles. The van der Waals surface area contributed by atoms with E-state index in [1.165, 1.54) is 9.13 Å². The van der Waals surface area contributed by atoms with Gasteiger partial charge in [0.25, 0.3) is 0 Å². The Kier molecular flexibility index (Phi) is 3.33. The number of nitrogens with zero attached hydrogens (tertiary/aromatic N) is 4. The first-order valence-corrected chi connectivity index (χ1v) is 7.35. The van der Waals surface area contributed by atoms with Gasteiger partial charge in [0, 0.05) is 42.8 Å². The maximum Gasteiger partial charge on any atom is 0.321 e. The zero-order valence-electron chi connectivity index (χ0n) is 12.5. The third kappa shape index (κ3) is 2.43. The van der Waals surface area contributed by atoms with Crippen molar-refractivity contribution in [3.05, 3.63) is 81.3 Å². The van der Waals surface area contributed by atoms with Crippen molar-refractivity contribution in [2.45, 2.75) is 13.0 Å². The molecule has 0 aliphatic heterocycles. The second-order valence-electron chi connectivity index (χ2n) is 5.33. The van der Waals surface area contributed by atoms with Gasteiger partial charge in [-0.05, 0) is 18.2 Å². The second-order valence-corrected chi connectivity index (χ2v) is 5.33. The topological polar surface area (TPSA) is 82.9 Å². The molecule has 1 aliphatic rings. The van der Waals surface area contributed by atoms with E-state index < -0.39 is 11.1 Å². The quantitative estimate of drug-likeness (QED) is 0.537. The van der Waals surface area contributed by atoms with E-state index >= 15 is 0 Å². The second kappa shape index (κ2) is 5.64. The molecule has 0 unspecified atom stereocenters. The van der Waals surface area contributed by atoms with Crippen molar-refractivity contribution in [3.63, 3.8) is 0 Å². The summed E-state index contributed by atoms with van der Waals surface area (Å²) in [6.45, 7) is 0.136. The van der Waals surface area contributed by atoms with Gasteiger partial charge in [0.2, 0.25) is 0 Å². The predicted molar refractivity (Wildman–Crippen MR) is 86.2 cm³/mol. The normalized spacial score (nSPS) is 12.8. The number of pyridine rings is 1. The van der Waals surface area contributed by atoms with E-state index in [2.05, 4.69) is 15.9 Å². The predicted octanol–water partition coefficient (Wildman–Crippen LogP) is 1.51. The average Bonchev–Trinajstić information content (AvgIpc) is 3.02. The lowest BCUT2D eigenvalue weighted by molar-refractivity contribution is 0.376. The van der Waals surface area contributed by atoms with Crippen LogP contribution in [0.1, 0.15) is 12.2 Å². The maximum atomic E-state index is 12.2. The van der Waals surface area contributed by atoms with Crippen LogP contribution in [-0.4, -0.2) is 19.3 Å². The van der Waals surface area contributed by atoms with Crippen LogP contribution in [0.25, 0.3) is 17.0 Å². The van der Waals surface area contributed by atoms with Crippen LogP contribution in [0, 0.1) is 0 Å². The van der Waals surface area contributed by atoms with Crippen molar-refractivity contribution >= 4 is 5.70 Å². The van der Waals surface area contributed by atoms with Gasteiger partial charge in [0.15, 0.2) is 5.76 Å². The molecule has 1 aliphatic carbocycles. The highest BCUT2D eigenvalue weighted by molar-refractivity contribution is 5.57. The van der Waals surface area contributed by atoms with Crippen molar-refractivity contribution in [1.82, 2.24) is 19.3 Å². The molecule has 0 spiro atoms. The molecule has 4 rings (SSSR count). The summed E-state index contributed by atoms with van der Waals surface area (Å²) < 4.78 is 7.88. The molecule has 24 heavy (non-hydrogen) atoms. The first kappa shape index (κ1) is 14.2. The fourth-order valence-corrected chi connectivity index (χ4v) is 2.41. The Bertz CT molecular complexity index is 1080. The molecule has 0 aromatic carbocycles. The van der Waals surface area contributed by atoms with Gasteiger partial charge in [-0.1, -0.05) is 5.16 Å². The zero-order chi connectivity index (χ0) is 16.5. The third-order valence-corrected chi connectivity index (χ3v) is 3.76. The van der Waals surface area contributed by atoms with Crippen LogP contribution in [0.3, 0.4) is 0 Å². The van der Waals surface area contributed by atoms with Crippen LogP contribution < -0.4 is 11.1 Å². The summed E-state index contributed by atoms with van der Waals surface area (Å²) in [5.41, 5.74) is 3.83. The first-order chi connectivity index (χ1) is 11.7. The molecule has 0 fully saturated rings. The summed E-state index contributed by atoms with van der Waals surface area (Å²) >= 11 is 0. The van der Waals surface area contributed by atoms with Crippen molar-refractivity contribution in [2.24, 2.45) is 0 Å². The van der Waals surface area contributed by atoms with E-state index in [4.69, 9.17) is 4.52 Å². The Morgan fingerprint density at radius 2 is 2.12 bits per heavy atom. The third-order valence-electron chi connectivity index (χ3n) is 3.76. The molecule has 3 aromatic rings. The van der Waals surface area contributed by atoms with Crippen molar-refractivity contribution < 1.29 is 4.52 Å². The molecule has 118 valence electrons. The molecule has 7 nitrogen and oxygen atoms in total. The molecule has 0 saturated heterocycles. The molecule has 0 N–H and O–H groups in total. The van der Waals surface area contributed by atoms with E-state index in [0.29, 0.717) is 23.6 Å². The Labute approximate surface area is 135 Å². The first-order valence-electron chi connectivity index (χ1n) is 7.35. The van der Waals surface area contributed by atoms with Gasteiger partial charge in [-0.3, -0.25) is 19.1 Å². The van der Waals surface area contributed by atoms with E-state index in [-0.39, 0.29) is 6.54 Å². The van der Waals surface area contributed by atoms with Crippen LogP contribution in [0.15, 0.2) is 68.9 Å². The molecular weight excluding hydrogens is 308 g/mol. The minimum absolute atomic E-state index is 0.136. The van der Waals surface area contributed by atoms with Gasteiger partial charge in [0.05, 0.1) is 12.2 Å². The van der Waals surface area contributed by atoms with Gasteiger partial charge in [-0.2, -0.15) is 0 Å². The molecule has 3 heterocycles. The minimum Gasteiger partial charge on any atom is -0.359 e. The summed E-state index contributed by atoms with van der Waals surface area (Å²) in [6.07, 6.45) is 8.92. The van der Waals surface area contributed by atoms with Gasteiger partial charge >= 0.3 is 11.1 Å². The molecule has 0 atom stereocenters. The summed E-state index contributed by atoms with van der Waals surface area (Å²) in [4.78, 5) is 28.4. The number of allylic oxidation sites excluding steroid dienone is 1.